The third kappa shape index (κ3) is 4.46. The molecule has 0 spiro atoms. The van der Waals surface area contributed by atoms with Crippen LogP contribution in [0.5, 0.6) is 0 Å². The Balaban J connectivity index is 1.65. The highest BCUT2D eigenvalue weighted by Gasteiger charge is 2.28. The summed E-state index contributed by atoms with van der Waals surface area (Å²) in [6, 6.07) is 1.02. The summed E-state index contributed by atoms with van der Waals surface area (Å²) >= 11 is 0. The predicted octanol–water partition coefficient (Wildman–Crippen LogP) is 1.49. The number of hydrogen-bond acceptors (Lipinski definition) is 3. The number of amides is 1. The average Bonchev–Trinajstić information content (AvgIpc) is 2.78. The van der Waals surface area contributed by atoms with E-state index in [2.05, 4.69) is 17.1 Å². The third-order valence-electron chi connectivity index (χ3n) is 4.72. The lowest BCUT2D eigenvalue weighted by atomic mass is 9.95. The SMILES string of the molecule is CC1CC(CN)CN1CCC(=O)NC1CCCCC1. The highest BCUT2D eigenvalue weighted by molar-refractivity contribution is 5.76. The van der Waals surface area contributed by atoms with Crippen LogP contribution in [-0.2, 0) is 4.79 Å². The van der Waals surface area contributed by atoms with E-state index in [0.717, 1.165) is 19.6 Å². The zero-order valence-electron chi connectivity index (χ0n) is 12.2. The summed E-state index contributed by atoms with van der Waals surface area (Å²) < 4.78 is 0. The minimum Gasteiger partial charge on any atom is -0.353 e. The maximum Gasteiger partial charge on any atom is 0.221 e. The topological polar surface area (TPSA) is 58.4 Å². The predicted molar refractivity (Wildman–Crippen MR) is 77.8 cm³/mol. The van der Waals surface area contributed by atoms with Gasteiger partial charge in [-0.2, -0.15) is 0 Å². The Kier molecular flexibility index (Phi) is 5.64. The number of nitrogens with zero attached hydrogens (tertiary/aromatic N) is 1. The van der Waals surface area contributed by atoms with Crippen molar-refractivity contribution in [3.8, 4) is 0 Å². The number of likely N-dealkylation sites (tertiary alicyclic amines) is 1. The zero-order valence-corrected chi connectivity index (χ0v) is 12.2. The molecule has 1 saturated heterocycles. The summed E-state index contributed by atoms with van der Waals surface area (Å²) in [6.07, 6.45) is 8.03. The Morgan fingerprint density at radius 1 is 1.32 bits per heavy atom. The monoisotopic (exact) mass is 267 g/mol. The molecule has 3 N–H and O–H groups in total. The molecule has 4 heteroatoms. The van der Waals surface area contributed by atoms with Gasteiger partial charge in [-0.3, -0.25) is 9.69 Å². The van der Waals surface area contributed by atoms with Gasteiger partial charge in [-0.1, -0.05) is 19.3 Å². The van der Waals surface area contributed by atoms with Crippen LogP contribution >= 0.6 is 0 Å². The summed E-state index contributed by atoms with van der Waals surface area (Å²) in [7, 11) is 0. The first-order valence-corrected chi connectivity index (χ1v) is 7.92. The fourth-order valence-corrected chi connectivity index (χ4v) is 3.49. The molecule has 1 aliphatic carbocycles. The molecule has 2 rings (SSSR count). The molecule has 0 aromatic heterocycles. The van der Waals surface area contributed by atoms with Gasteiger partial charge in [-0.05, 0) is 38.6 Å². The molecule has 2 aliphatic rings. The van der Waals surface area contributed by atoms with Crippen molar-refractivity contribution in [2.24, 2.45) is 11.7 Å². The number of hydrogen-bond donors (Lipinski definition) is 2. The van der Waals surface area contributed by atoms with Crippen LogP contribution in [0.3, 0.4) is 0 Å². The van der Waals surface area contributed by atoms with E-state index in [1.807, 2.05) is 0 Å². The molecule has 0 bridgehead atoms. The van der Waals surface area contributed by atoms with Crippen molar-refractivity contribution >= 4 is 5.91 Å². The van der Waals surface area contributed by atoms with Crippen LogP contribution in [0.15, 0.2) is 0 Å². The van der Waals surface area contributed by atoms with Gasteiger partial charge in [0.05, 0.1) is 0 Å². The first kappa shape index (κ1) is 14.8. The standard InChI is InChI=1S/C15H29N3O/c1-12-9-13(10-16)11-18(12)8-7-15(19)17-14-5-3-2-4-6-14/h12-14H,2-11,16H2,1H3,(H,17,19). The molecule has 110 valence electrons. The van der Waals surface area contributed by atoms with Crippen molar-refractivity contribution in [3.05, 3.63) is 0 Å². The summed E-state index contributed by atoms with van der Waals surface area (Å²) in [5.41, 5.74) is 5.73. The van der Waals surface area contributed by atoms with Gasteiger partial charge in [0.15, 0.2) is 0 Å². The van der Waals surface area contributed by atoms with E-state index in [1.165, 1.54) is 38.5 Å². The molecular weight excluding hydrogens is 238 g/mol. The fourth-order valence-electron chi connectivity index (χ4n) is 3.49. The number of rotatable bonds is 5. The minimum absolute atomic E-state index is 0.232. The summed E-state index contributed by atoms with van der Waals surface area (Å²) in [5, 5.41) is 3.19. The van der Waals surface area contributed by atoms with Crippen LogP contribution in [-0.4, -0.2) is 42.5 Å². The molecule has 1 amide bonds. The first-order valence-electron chi connectivity index (χ1n) is 7.92. The van der Waals surface area contributed by atoms with E-state index in [0.29, 0.717) is 24.4 Å². The number of nitrogens with one attached hydrogen (secondary N) is 1. The Morgan fingerprint density at radius 3 is 2.68 bits per heavy atom. The van der Waals surface area contributed by atoms with Gasteiger partial charge >= 0.3 is 0 Å². The Hall–Kier alpha value is -0.610. The van der Waals surface area contributed by atoms with Crippen molar-refractivity contribution < 1.29 is 4.79 Å². The number of nitrogens with two attached hydrogens (primary N) is 1. The van der Waals surface area contributed by atoms with Crippen LogP contribution in [0, 0.1) is 5.92 Å². The van der Waals surface area contributed by atoms with Crippen molar-refractivity contribution in [2.45, 2.75) is 64.0 Å². The highest BCUT2D eigenvalue weighted by Crippen LogP contribution is 2.22. The fraction of sp³-hybridized carbons (Fsp3) is 0.933. The van der Waals surface area contributed by atoms with Gasteiger partial charge in [0.25, 0.3) is 0 Å². The second-order valence-electron chi connectivity index (χ2n) is 6.33. The molecular formula is C15H29N3O. The second kappa shape index (κ2) is 7.25. The van der Waals surface area contributed by atoms with Crippen molar-refractivity contribution in [1.82, 2.24) is 10.2 Å². The van der Waals surface area contributed by atoms with Crippen molar-refractivity contribution in [1.29, 1.82) is 0 Å². The lowest BCUT2D eigenvalue weighted by Crippen LogP contribution is -2.38. The molecule has 1 aliphatic heterocycles. The largest absolute Gasteiger partial charge is 0.353 e. The lowest BCUT2D eigenvalue weighted by Gasteiger charge is -2.24. The molecule has 4 nitrogen and oxygen atoms in total. The van der Waals surface area contributed by atoms with Gasteiger partial charge in [-0.25, -0.2) is 0 Å². The molecule has 19 heavy (non-hydrogen) atoms. The van der Waals surface area contributed by atoms with Crippen molar-refractivity contribution in [3.63, 3.8) is 0 Å². The molecule has 2 fully saturated rings. The van der Waals surface area contributed by atoms with Gasteiger partial charge < -0.3 is 11.1 Å². The van der Waals surface area contributed by atoms with E-state index in [-0.39, 0.29) is 5.91 Å². The van der Waals surface area contributed by atoms with Gasteiger partial charge in [0.2, 0.25) is 5.91 Å². The third-order valence-corrected chi connectivity index (χ3v) is 4.72. The summed E-state index contributed by atoms with van der Waals surface area (Å²) in [4.78, 5) is 14.4. The molecule has 2 unspecified atom stereocenters. The highest BCUT2D eigenvalue weighted by atomic mass is 16.1. The zero-order chi connectivity index (χ0) is 13.7. The average molecular weight is 267 g/mol. The van der Waals surface area contributed by atoms with Crippen LogP contribution in [0.2, 0.25) is 0 Å². The first-order chi connectivity index (χ1) is 9.19. The van der Waals surface area contributed by atoms with E-state index in [9.17, 15) is 4.79 Å². The molecule has 0 aromatic carbocycles. The Morgan fingerprint density at radius 2 is 2.05 bits per heavy atom. The second-order valence-corrected chi connectivity index (χ2v) is 6.33. The summed E-state index contributed by atoms with van der Waals surface area (Å²) in [5.74, 6) is 0.853. The molecule has 1 saturated carbocycles. The quantitative estimate of drug-likeness (QED) is 0.793. The maximum atomic E-state index is 12.0. The van der Waals surface area contributed by atoms with E-state index < -0.39 is 0 Å². The van der Waals surface area contributed by atoms with Crippen molar-refractivity contribution in [2.75, 3.05) is 19.6 Å². The van der Waals surface area contributed by atoms with Crippen LogP contribution in [0.1, 0.15) is 51.9 Å². The number of carbonyl (C=O) groups excluding carboxylic acids is 1. The van der Waals surface area contributed by atoms with E-state index in [1.54, 1.807) is 0 Å². The van der Waals surface area contributed by atoms with Crippen LogP contribution in [0.4, 0.5) is 0 Å². The van der Waals surface area contributed by atoms with Crippen LogP contribution in [0.25, 0.3) is 0 Å². The lowest BCUT2D eigenvalue weighted by molar-refractivity contribution is -0.122. The molecule has 0 radical (unpaired) electrons. The Labute approximate surface area is 117 Å². The normalized spacial score (nSPS) is 29.6. The summed E-state index contributed by atoms with van der Waals surface area (Å²) in [6.45, 7) is 4.97. The van der Waals surface area contributed by atoms with Gasteiger partial charge in [-0.15, -0.1) is 0 Å². The van der Waals surface area contributed by atoms with Gasteiger partial charge in [0.1, 0.15) is 0 Å². The maximum absolute atomic E-state index is 12.0. The van der Waals surface area contributed by atoms with E-state index in [4.69, 9.17) is 5.73 Å². The molecule has 0 aromatic rings. The van der Waals surface area contributed by atoms with E-state index >= 15 is 0 Å². The smallest absolute Gasteiger partial charge is 0.221 e. The van der Waals surface area contributed by atoms with Crippen LogP contribution < -0.4 is 11.1 Å². The number of carbonyl (C=O) groups is 1. The molecule has 2 atom stereocenters. The Bertz CT molecular complexity index is 289. The van der Waals surface area contributed by atoms with Gasteiger partial charge in [0, 0.05) is 31.6 Å². The minimum atomic E-state index is 0.232. The molecule has 1 heterocycles.